The predicted molar refractivity (Wildman–Crippen MR) is 54.4 cm³/mol. The Balaban J connectivity index is 2.28. The van der Waals surface area contributed by atoms with Crippen LogP contribution in [0.25, 0.3) is 5.65 Å². The molecule has 0 saturated heterocycles. The average Bonchev–Trinajstić information content (AvgIpc) is 2.58. The number of ether oxygens (including phenoxy) is 1. The first kappa shape index (κ1) is 10.8. The van der Waals surface area contributed by atoms with Crippen LogP contribution in [0, 0.1) is 0 Å². The summed E-state index contributed by atoms with van der Waals surface area (Å²) in [6.07, 6.45) is 4.48. The monoisotopic (exact) mass is 243 g/mol. The Bertz CT molecular complexity index is 559. The van der Waals surface area contributed by atoms with Gasteiger partial charge in [0.2, 0.25) is 0 Å². The normalized spacial score (nSPS) is 11.8. The van der Waals surface area contributed by atoms with Crippen LogP contribution in [0.4, 0.5) is 0 Å². The molecule has 2 rings (SSSR count). The highest BCUT2D eigenvalue weighted by Crippen LogP contribution is 2.12. The molecule has 0 N–H and O–H groups in total. The Morgan fingerprint density at radius 3 is 3.00 bits per heavy atom. The van der Waals surface area contributed by atoms with Gasteiger partial charge in [0.15, 0.2) is 5.94 Å². The van der Waals surface area contributed by atoms with E-state index >= 15 is 0 Å². The lowest BCUT2D eigenvalue weighted by molar-refractivity contribution is 0.240. The lowest BCUT2D eigenvalue weighted by Gasteiger charge is -2.01. The molecule has 0 radical (unpaired) electrons. The zero-order valence-corrected chi connectivity index (χ0v) is 9.22. The number of hydrogen-bond donors (Lipinski definition) is 0. The van der Waals surface area contributed by atoms with Crippen molar-refractivity contribution in [3.05, 3.63) is 24.8 Å². The van der Waals surface area contributed by atoms with Gasteiger partial charge in [0.05, 0.1) is 6.20 Å². The fourth-order valence-electron chi connectivity index (χ4n) is 1.16. The van der Waals surface area contributed by atoms with Crippen LogP contribution in [0.5, 0.6) is 5.88 Å². The van der Waals surface area contributed by atoms with Crippen molar-refractivity contribution in [3.8, 4) is 5.88 Å². The SMILES string of the molecule is COCS(=O)(=O)Oc1cn2cnccc2n1. The standard InChI is InChI=1S/C8H9N3O4S/c1-14-6-16(12,13)15-8-4-11-5-9-3-2-7(11)10-8/h2-5H,6H2,1H3. The van der Waals surface area contributed by atoms with E-state index in [1.807, 2.05) is 0 Å². The van der Waals surface area contributed by atoms with E-state index in [9.17, 15) is 8.42 Å². The molecule has 0 fully saturated rings. The minimum Gasteiger partial charge on any atom is -0.365 e. The third kappa shape index (κ3) is 2.28. The maximum Gasteiger partial charge on any atom is 0.335 e. The quantitative estimate of drug-likeness (QED) is 0.705. The van der Waals surface area contributed by atoms with Gasteiger partial charge in [-0.2, -0.15) is 13.4 Å². The maximum atomic E-state index is 11.3. The highest BCUT2D eigenvalue weighted by Gasteiger charge is 2.14. The van der Waals surface area contributed by atoms with E-state index in [1.54, 1.807) is 16.7 Å². The summed E-state index contributed by atoms with van der Waals surface area (Å²) in [5.41, 5.74) is 0.553. The van der Waals surface area contributed by atoms with Crippen molar-refractivity contribution < 1.29 is 17.3 Å². The molecule has 0 atom stereocenters. The van der Waals surface area contributed by atoms with E-state index in [0.29, 0.717) is 5.65 Å². The predicted octanol–water partition coefficient (Wildman–Crippen LogP) is 0.0418. The van der Waals surface area contributed by atoms with E-state index in [4.69, 9.17) is 4.18 Å². The lowest BCUT2D eigenvalue weighted by atomic mass is 10.6. The van der Waals surface area contributed by atoms with Crippen LogP contribution in [0.1, 0.15) is 0 Å². The molecule has 16 heavy (non-hydrogen) atoms. The van der Waals surface area contributed by atoms with E-state index in [0.717, 1.165) is 0 Å². The Kier molecular flexibility index (Phi) is 2.75. The van der Waals surface area contributed by atoms with Crippen molar-refractivity contribution in [1.29, 1.82) is 0 Å². The summed E-state index contributed by atoms with van der Waals surface area (Å²) >= 11 is 0. The molecule has 8 heteroatoms. The Labute approximate surface area is 91.8 Å². The molecule has 0 aliphatic heterocycles. The summed E-state index contributed by atoms with van der Waals surface area (Å²) in [6.45, 7) is 0. The van der Waals surface area contributed by atoms with Crippen LogP contribution in [0.15, 0.2) is 24.8 Å². The summed E-state index contributed by atoms with van der Waals surface area (Å²) in [6, 6.07) is 1.63. The van der Waals surface area contributed by atoms with Gasteiger partial charge in [-0.1, -0.05) is 0 Å². The number of imidazole rings is 1. The van der Waals surface area contributed by atoms with Gasteiger partial charge in [0.1, 0.15) is 12.0 Å². The summed E-state index contributed by atoms with van der Waals surface area (Å²) in [5, 5.41) is 0. The topological polar surface area (TPSA) is 82.8 Å². The van der Waals surface area contributed by atoms with Gasteiger partial charge in [-0.3, -0.25) is 4.40 Å². The number of aromatic nitrogens is 3. The summed E-state index contributed by atoms with van der Waals surface area (Å²) in [7, 11) is -2.48. The third-order valence-corrected chi connectivity index (χ3v) is 2.66. The van der Waals surface area contributed by atoms with Gasteiger partial charge >= 0.3 is 10.1 Å². The van der Waals surface area contributed by atoms with Crippen molar-refractivity contribution in [2.24, 2.45) is 0 Å². The molecule has 0 saturated carbocycles. The summed E-state index contributed by atoms with van der Waals surface area (Å²) in [4.78, 5) is 7.80. The number of nitrogens with zero attached hydrogens (tertiary/aromatic N) is 3. The van der Waals surface area contributed by atoms with Gasteiger partial charge in [-0.25, -0.2) is 4.98 Å². The minimum absolute atomic E-state index is 0.00921. The first-order chi connectivity index (χ1) is 7.61. The molecule has 0 unspecified atom stereocenters. The van der Waals surface area contributed by atoms with Crippen LogP contribution in [0.2, 0.25) is 0 Å². The van der Waals surface area contributed by atoms with Gasteiger partial charge in [-0.15, -0.1) is 0 Å². The number of rotatable bonds is 4. The molecule has 0 amide bonds. The molecule has 0 bridgehead atoms. The minimum atomic E-state index is -3.75. The molecule has 0 aromatic carbocycles. The molecule has 86 valence electrons. The molecule has 2 heterocycles. The number of fused-ring (bicyclic) bond motifs is 1. The molecule has 2 aromatic rings. The number of hydrogen-bond acceptors (Lipinski definition) is 6. The zero-order valence-electron chi connectivity index (χ0n) is 8.40. The lowest BCUT2D eigenvalue weighted by Crippen LogP contribution is -2.14. The molecular formula is C8H9N3O4S. The van der Waals surface area contributed by atoms with E-state index in [-0.39, 0.29) is 5.88 Å². The molecule has 0 aliphatic rings. The second-order valence-electron chi connectivity index (χ2n) is 2.97. The molecular weight excluding hydrogens is 234 g/mol. The highest BCUT2D eigenvalue weighted by molar-refractivity contribution is 7.86. The zero-order chi connectivity index (χ0) is 11.6. The molecule has 7 nitrogen and oxygen atoms in total. The second-order valence-corrected chi connectivity index (χ2v) is 4.49. The van der Waals surface area contributed by atoms with Crippen LogP contribution >= 0.6 is 0 Å². The van der Waals surface area contributed by atoms with Gasteiger partial charge in [-0.05, 0) is 6.07 Å². The maximum absolute atomic E-state index is 11.3. The molecule has 2 aromatic heterocycles. The van der Waals surface area contributed by atoms with Crippen molar-refractivity contribution in [1.82, 2.24) is 14.4 Å². The van der Waals surface area contributed by atoms with Crippen molar-refractivity contribution in [3.63, 3.8) is 0 Å². The van der Waals surface area contributed by atoms with E-state index < -0.39 is 16.1 Å². The van der Waals surface area contributed by atoms with Crippen molar-refractivity contribution >= 4 is 15.8 Å². The second kappa shape index (κ2) is 4.06. The Hall–Kier alpha value is -1.67. The Morgan fingerprint density at radius 2 is 2.31 bits per heavy atom. The average molecular weight is 243 g/mol. The van der Waals surface area contributed by atoms with Crippen LogP contribution < -0.4 is 4.18 Å². The third-order valence-electron chi connectivity index (χ3n) is 1.71. The van der Waals surface area contributed by atoms with Crippen molar-refractivity contribution in [2.45, 2.75) is 0 Å². The van der Waals surface area contributed by atoms with E-state index in [1.165, 1.54) is 19.6 Å². The number of methoxy groups -OCH3 is 1. The van der Waals surface area contributed by atoms with E-state index in [2.05, 4.69) is 14.7 Å². The van der Waals surface area contributed by atoms with Gasteiger partial charge < -0.3 is 8.92 Å². The van der Waals surface area contributed by atoms with Crippen LogP contribution in [-0.2, 0) is 14.9 Å². The molecule has 0 spiro atoms. The first-order valence-electron chi connectivity index (χ1n) is 4.30. The molecule has 0 aliphatic carbocycles. The smallest absolute Gasteiger partial charge is 0.335 e. The Morgan fingerprint density at radius 1 is 1.50 bits per heavy atom. The van der Waals surface area contributed by atoms with Crippen LogP contribution in [0.3, 0.4) is 0 Å². The van der Waals surface area contributed by atoms with Gasteiger partial charge in [0.25, 0.3) is 5.88 Å². The van der Waals surface area contributed by atoms with Crippen LogP contribution in [-0.4, -0.2) is 35.8 Å². The van der Waals surface area contributed by atoms with Gasteiger partial charge in [0, 0.05) is 13.3 Å². The largest absolute Gasteiger partial charge is 0.365 e. The first-order valence-corrected chi connectivity index (χ1v) is 5.88. The summed E-state index contributed by atoms with van der Waals surface area (Å²) in [5.74, 6) is -0.524. The fraction of sp³-hybridized carbons (Fsp3) is 0.250. The fourth-order valence-corrected chi connectivity index (χ4v) is 1.84. The van der Waals surface area contributed by atoms with Crippen molar-refractivity contribution in [2.75, 3.05) is 13.0 Å². The highest BCUT2D eigenvalue weighted by atomic mass is 32.2. The summed E-state index contributed by atoms with van der Waals surface area (Å²) < 4.78 is 33.3.